The summed E-state index contributed by atoms with van der Waals surface area (Å²) < 4.78 is 10.5. The van der Waals surface area contributed by atoms with Crippen LogP contribution < -0.4 is 0 Å². The van der Waals surface area contributed by atoms with Crippen LogP contribution in [-0.4, -0.2) is 25.7 Å². The summed E-state index contributed by atoms with van der Waals surface area (Å²) in [6, 6.07) is 0. The standard InChI is InChI=1S/C17H24O4/c1-11(2)14(18)21-10-16-5-12-4-13(6-16)8-17(7-12,9-16)15(19)20-3/h12-13H,1,4-10H2,2-3H3. The summed E-state index contributed by atoms with van der Waals surface area (Å²) in [6.45, 7) is 5.71. The minimum atomic E-state index is -0.325. The van der Waals surface area contributed by atoms with Crippen molar-refractivity contribution < 1.29 is 19.1 Å². The zero-order valence-electron chi connectivity index (χ0n) is 12.9. The molecule has 4 rings (SSSR count). The second-order valence-electron chi connectivity index (χ2n) is 7.59. The van der Waals surface area contributed by atoms with Gasteiger partial charge in [0.25, 0.3) is 0 Å². The Labute approximate surface area is 125 Å². The van der Waals surface area contributed by atoms with Gasteiger partial charge in [-0.05, 0) is 57.3 Å². The zero-order chi connectivity index (χ0) is 15.3. The highest BCUT2D eigenvalue weighted by Crippen LogP contribution is 2.65. The molecule has 116 valence electrons. The second kappa shape index (κ2) is 4.85. The van der Waals surface area contributed by atoms with Crippen LogP contribution in [0.15, 0.2) is 12.2 Å². The van der Waals surface area contributed by atoms with Gasteiger partial charge < -0.3 is 9.47 Å². The largest absolute Gasteiger partial charge is 0.469 e. The quantitative estimate of drug-likeness (QED) is 0.590. The monoisotopic (exact) mass is 292 g/mol. The number of carbonyl (C=O) groups excluding carboxylic acids is 2. The van der Waals surface area contributed by atoms with E-state index in [1.807, 2.05) is 0 Å². The first-order valence-electron chi connectivity index (χ1n) is 7.79. The number of ether oxygens (including phenoxy) is 2. The van der Waals surface area contributed by atoms with Gasteiger partial charge in [0.05, 0.1) is 19.1 Å². The Kier molecular flexibility index (Phi) is 3.38. The van der Waals surface area contributed by atoms with E-state index in [2.05, 4.69) is 6.58 Å². The van der Waals surface area contributed by atoms with Crippen LogP contribution in [0, 0.1) is 22.7 Å². The molecule has 0 radical (unpaired) electrons. The third-order valence-corrected chi connectivity index (χ3v) is 5.66. The van der Waals surface area contributed by atoms with E-state index in [4.69, 9.17) is 9.47 Å². The van der Waals surface area contributed by atoms with Crippen molar-refractivity contribution in [1.82, 2.24) is 0 Å². The van der Waals surface area contributed by atoms with E-state index >= 15 is 0 Å². The molecule has 0 spiro atoms. The molecule has 4 heteroatoms. The van der Waals surface area contributed by atoms with Crippen LogP contribution in [0.1, 0.15) is 45.4 Å². The highest BCUT2D eigenvalue weighted by molar-refractivity contribution is 5.87. The number of hydrogen-bond acceptors (Lipinski definition) is 4. The van der Waals surface area contributed by atoms with Crippen molar-refractivity contribution >= 4 is 11.9 Å². The summed E-state index contributed by atoms with van der Waals surface area (Å²) in [4.78, 5) is 24.0. The van der Waals surface area contributed by atoms with E-state index in [-0.39, 0.29) is 22.8 Å². The number of esters is 2. The molecule has 0 N–H and O–H groups in total. The van der Waals surface area contributed by atoms with Gasteiger partial charge in [-0.3, -0.25) is 4.79 Å². The maximum Gasteiger partial charge on any atom is 0.333 e. The topological polar surface area (TPSA) is 52.6 Å². The van der Waals surface area contributed by atoms with E-state index in [1.165, 1.54) is 13.5 Å². The molecular weight excluding hydrogens is 268 g/mol. The Hall–Kier alpha value is -1.32. The van der Waals surface area contributed by atoms with Crippen LogP contribution in [0.4, 0.5) is 0 Å². The van der Waals surface area contributed by atoms with Gasteiger partial charge in [0, 0.05) is 11.0 Å². The molecular formula is C17H24O4. The Balaban J connectivity index is 1.79. The second-order valence-corrected chi connectivity index (χ2v) is 7.59. The molecule has 4 bridgehead atoms. The highest BCUT2D eigenvalue weighted by atomic mass is 16.5. The van der Waals surface area contributed by atoms with Crippen molar-refractivity contribution in [3.8, 4) is 0 Å². The van der Waals surface area contributed by atoms with Gasteiger partial charge in [0.2, 0.25) is 0 Å². The molecule has 0 aromatic heterocycles. The van der Waals surface area contributed by atoms with E-state index in [9.17, 15) is 9.59 Å². The molecule has 21 heavy (non-hydrogen) atoms. The number of methoxy groups -OCH3 is 1. The summed E-state index contributed by atoms with van der Waals surface area (Å²) >= 11 is 0. The van der Waals surface area contributed by atoms with Crippen molar-refractivity contribution in [2.75, 3.05) is 13.7 Å². The number of hydrogen-bond donors (Lipinski definition) is 0. The van der Waals surface area contributed by atoms with Gasteiger partial charge in [-0.2, -0.15) is 0 Å². The third-order valence-electron chi connectivity index (χ3n) is 5.66. The lowest BCUT2D eigenvalue weighted by molar-refractivity contribution is -0.185. The Morgan fingerprint density at radius 2 is 1.81 bits per heavy atom. The molecule has 0 aromatic rings. The van der Waals surface area contributed by atoms with Crippen LogP contribution in [-0.2, 0) is 19.1 Å². The lowest BCUT2D eigenvalue weighted by Crippen LogP contribution is -2.56. The van der Waals surface area contributed by atoms with Crippen LogP contribution in [0.2, 0.25) is 0 Å². The molecule has 0 heterocycles. The molecule has 0 amide bonds. The van der Waals surface area contributed by atoms with Crippen molar-refractivity contribution in [2.24, 2.45) is 22.7 Å². The first-order chi connectivity index (χ1) is 9.88. The molecule has 4 saturated carbocycles. The Morgan fingerprint density at radius 3 is 2.33 bits per heavy atom. The molecule has 4 nitrogen and oxygen atoms in total. The molecule has 0 aromatic carbocycles. The maximum absolute atomic E-state index is 12.3. The fourth-order valence-corrected chi connectivity index (χ4v) is 5.42. The molecule has 4 aliphatic rings. The van der Waals surface area contributed by atoms with Crippen molar-refractivity contribution in [2.45, 2.75) is 45.4 Å². The van der Waals surface area contributed by atoms with Gasteiger partial charge >= 0.3 is 11.9 Å². The highest BCUT2D eigenvalue weighted by Gasteiger charge is 2.61. The summed E-state index contributed by atoms with van der Waals surface area (Å²) in [5.74, 6) is 0.771. The summed E-state index contributed by atoms with van der Waals surface area (Å²) in [5.41, 5.74) is 0.0834. The van der Waals surface area contributed by atoms with E-state index in [0.29, 0.717) is 24.0 Å². The molecule has 4 fully saturated rings. The van der Waals surface area contributed by atoms with Crippen molar-refractivity contribution in [1.29, 1.82) is 0 Å². The van der Waals surface area contributed by atoms with Gasteiger partial charge in [0.1, 0.15) is 0 Å². The van der Waals surface area contributed by atoms with E-state index < -0.39 is 0 Å². The third kappa shape index (κ3) is 2.39. The van der Waals surface area contributed by atoms with Crippen LogP contribution in [0.5, 0.6) is 0 Å². The minimum absolute atomic E-state index is 0.0244. The van der Waals surface area contributed by atoms with Crippen LogP contribution in [0.3, 0.4) is 0 Å². The fraction of sp³-hybridized carbons (Fsp3) is 0.765. The maximum atomic E-state index is 12.3. The number of rotatable bonds is 4. The first kappa shape index (κ1) is 14.6. The van der Waals surface area contributed by atoms with Gasteiger partial charge in [-0.25, -0.2) is 4.79 Å². The van der Waals surface area contributed by atoms with E-state index in [1.54, 1.807) is 6.92 Å². The number of carbonyl (C=O) groups is 2. The first-order valence-corrected chi connectivity index (χ1v) is 7.79. The Morgan fingerprint density at radius 1 is 1.19 bits per heavy atom. The van der Waals surface area contributed by atoms with Gasteiger partial charge in [-0.15, -0.1) is 0 Å². The van der Waals surface area contributed by atoms with Crippen LogP contribution in [0.25, 0.3) is 0 Å². The Bertz CT molecular complexity index is 479. The lowest BCUT2D eigenvalue weighted by Gasteiger charge is -2.60. The smallest absolute Gasteiger partial charge is 0.333 e. The van der Waals surface area contributed by atoms with Crippen molar-refractivity contribution in [3.05, 3.63) is 12.2 Å². The SMILES string of the molecule is C=C(C)C(=O)OCC12CC3CC(C1)CC(C(=O)OC)(C3)C2. The minimum Gasteiger partial charge on any atom is -0.469 e. The zero-order valence-corrected chi connectivity index (χ0v) is 12.9. The predicted molar refractivity (Wildman–Crippen MR) is 77.3 cm³/mol. The molecule has 4 aliphatic carbocycles. The molecule has 0 saturated heterocycles. The van der Waals surface area contributed by atoms with Crippen molar-refractivity contribution in [3.63, 3.8) is 0 Å². The van der Waals surface area contributed by atoms with Crippen LogP contribution >= 0.6 is 0 Å². The average Bonchev–Trinajstić information content (AvgIpc) is 2.42. The lowest BCUT2D eigenvalue weighted by atomic mass is 9.44. The fourth-order valence-electron chi connectivity index (χ4n) is 5.42. The van der Waals surface area contributed by atoms with Gasteiger partial charge in [-0.1, -0.05) is 6.58 Å². The predicted octanol–water partition coefficient (Wildman–Crippen LogP) is 2.87. The summed E-state index contributed by atoms with van der Waals surface area (Å²) in [5, 5.41) is 0. The van der Waals surface area contributed by atoms with E-state index in [0.717, 1.165) is 32.1 Å². The summed E-state index contributed by atoms with van der Waals surface area (Å²) in [7, 11) is 1.48. The normalized spacial score (nSPS) is 39.9. The average molecular weight is 292 g/mol. The molecule has 2 atom stereocenters. The molecule has 0 aliphatic heterocycles. The summed E-state index contributed by atoms with van der Waals surface area (Å²) in [6.07, 6.45) is 6.08. The van der Waals surface area contributed by atoms with Gasteiger partial charge in [0.15, 0.2) is 0 Å². The molecule has 2 unspecified atom stereocenters.